The van der Waals surface area contributed by atoms with Crippen molar-refractivity contribution in [3.8, 4) is 0 Å². The average Bonchev–Trinajstić information content (AvgIpc) is 2.73. The Bertz CT molecular complexity index is 1240. The summed E-state index contributed by atoms with van der Waals surface area (Å²) < 4.78 is 80.0. The van der Waals surface area contributed by atoms with Gasteiger partial charge in [0.1, 0.15) is 5.82 Å². The summed E-state index contributed by atoms with van der Waals surface area (Å²) in [5.74, 6) is -1.75. The van der Waals surface area contributed by atoms with E-state index in [2.05, 4.69) is 10.0 Å². The van der Waals surface area contributed by atoms with Crippen LogP contribution in [0.4, 0.5) is 23.2 Å². The van der Waals surface area contributed by atoms with Crippen LogP contribution in [0, 0.1) is 12.7 Å². The minimum atomic E-state index is -4.78. The van der Waals surface area contributed by atoms with Crippen LogP contribution in [0.3, 0.4) is 0 Å². The second-order valence-corrected chi connectivity index (χ2v) is 8.61. The van der Waals surface area contributed by atoms with E-state index >= 15 is 0 Å². The molecule has 0 aliphatic carbocycles. The maximum atomic E-state index is 13.2. The molecular formula is C22H18F4N2O3S. The van der Waals surface area contributed by atoms with Crippen LogP contribution in [-0.2, 0) is 22.7 Å². The summed E-state index contributed by atoms with van der Waals surface area (Å²) in [6.07, 6.45) is -4.78. The number of anilines is 1. The largest absolute Gasteiger partial charge is 0.416 e. The number of rotatable bonds is 6. The van der Waals surface area contributed by atoms with E-state index in [1.54, 1.807) is 31.2 Å². The zero-order valence-corrected chi connectivity index (χ0v) is 17.5. The van der Waals surface area contributed by atoms with E-state index in [9.17, 15) is 30.8 Å². The molecule has 0 heterocycles. The summed E-state index contributed by atoms with van der Waals surface area (Å²) in [5, 5.41) is 2.33. The zero-order chi connectivity index (χ0) is 23.5. The van der Waals surface area contributed by atoms with E-state index in [1.165, 1.54) is 24.3 Å². The standard InChI is InChI=1S/C22H18F4N2O3S/c1-14-4-2-3-5-20(14)28-32(30,31)18-10-7-15(8-11-18)21(29)27-13-16-6-9-17(23)12-19(16)22(24,25)26/h2-12,28H,13H2,1H3,(H,27,29). The van der Waals surface area contributed by atoms with Gasteiger partial charge in [0.2, 0.25) is 0 Å². The lowest BCUT2D eigenvalue weighted by atomic mass is 10.1. The number of amides is 1. The summed E-state index contributed by atoms with van der Waals surface area (Å²) >= 11 is 0. The second kappa shape index (κ2) is 8.99. The Morgan fingerprint density at radius 3 is 2.25 bits per heavy atom. The summed E-state index contributed by atoms with van der Waals surface area (Å²) in [6, 6.07) is 13.9. The minimum Gasteiger partial charge on any atom is -0.348 e. The number of benzene rings is 3. The molecule has 5 nitrogen and oxygen atoms in total. The fraction of sp³-hybridized carbons (Fsp3) is 0.136. The van der Waals surface area contributed by atoms with E-state index in [0.717, 1.165) is 17.7 Å². The molecule has 0 aliphatic rings. The molecule has 10 heteroatoms. The molecule has 3 rings (SSSR count). The highest BCUT2D eigenvalue weighted by Gasteiger charge is 2.33. The third kappa shape index (κ3) is 5.44. The number of carbonyl (C=O) groups excluding carboxylic acids is 1. The van der Waals surface area contributed by atoms with Crippen molar-refractivity contribution in [2.75, 3.05) is 4.72 Å². The maximum absolute atomic E-state index is 13.2. The first-order valence-electron chi connectivity index (χ1n) is 9.30. The van der Waals surface area contributed by atoms with Gasteiger partial charge >= 0.3 is 6.18 Å². The van der Waals surface area contributed by atoms with Crippen LogP contribution in [0.25, 0.3) is 0 Å². The number of sulfonamides is 1. The van der Waals surface area contributed by atoms with E-state index in [4.69, 9.17) is 0 Å². The Kier molecular flexibility index (Phi) is 6.54. The number of aryl methyl sites for hydroxylation is 1. The van der Waals surface area contributed by atoms with Crippen LogP contribution in [0.15, 0.2) is 71.6 Å². The Labute approximate surface area is 182 Å². The second-order valence-electron chi connectivity index (χ2n) is 6.93. The molecular weight excluding hydrogens is 448 g/mol. The third-order valence-electron chi connectivity index (χ3n) is 4.63. The molecule has 0 spiro atoms. The van der Waals surface area contributed by atoms with Gasteiger partial charge in [-0.25, -0.2) is 12.8 Å². The molecule has 168 valence electrons. The van der Waals surface area contributed by atoms with Gasteiger partial charge in [0, 0.05) is 12.1 Å². The number of halogens is 4. The van der Waals surface area contributed by atoms with E-state index < -0.39 is 40.0 Å². The first kappa shape index (κ1) is 23.3. The molecule has 0 unspecified atom stereocenters. The molecule has 0 saturated carbocycles. The number of alkyl halides is 3. The average molecular weight is 466 g/mol. The fourth-order valence-electron chi connectivity index (χ4n) is 2.92. The molecule has 0 saturated heterocycles. The summed E-state index contributed by atoms with van der Waals surface area (Å²) in [7, 11) is -3.90. The van der Waals surface area contributed by atoms with Crippen LogP contribution >= 0.6 is 0 Å². The van der Waals surface area contributed by atoms with Crippen molar-refractivity contribution in [3.05, 3.63) is 94.8 Å². The van der Waals surface area contributed by atoms with Gasteiger partial charge < -0.3 is 5.32 Å². The summed E-state index contributed by atoms with van der Waals surface area (Å²) in [5.41, 5.74) is -0.286. The predicted octanol–water partition coefficient (Wildman–Crippen LogP) is 4.88. The topological polar surface area (TPSA) is 75.3 Å². The molecule has 3 aromatic rings. The highest BCUT2D eigenvalue weighted by Crippen LogP contribution is 2.32. The van der Waals surface area contributed by atoms with Crippen LogP contribution in [-0.4, -0.2) is 14.3 Å². The third-order valence-corrected chi connectivity index (χ3v) is 6.01. The minimum absolute atomic E-state index is 0.0514. The maximum Gasteiger partial charge on any atom is 0.416 e. The quantitative estimate of drug-likeness (QED) is 0.509. The van der Waals surface area contributed by atoms with Crippen LogP contribution in [0.2, 0.25) is 0 Å². The van der Waals surface area contributed by atoms with Gasteiger partial charge in [-0.05, 0) is 60.5 Å². The monoisotopic (exact) mass is 466 g/mol. The summed E-state index contributed by atoms with van der Waals surface area (Å²) in [4.78, 5) is 12.2. The Morgan fingerprint density at radius 2 is 1.62 bits per heavy atom. The highest BCUT2D eigenvalue weighted by molar-refractivity contribution is 7.92. The number of hydrogen-bond acceptors (Lipinski definition) is 3. The molecule has 0 radical (unpaired) electrons. The Hall–Kier alpha value is -3.40. The molecule has 3 aromatic carbocycles. The molecule has 1 amide bonds. The molecule has 2 N–H and O–H groups in total. The molecule has 0 aromatic heterocycles. The van der Waals surface area contributed by atoms with E-state index in [-0.39, 0.29) is 16.0 Å². The smallest absolute Gasteiger partial charge is 0.348 e. The zero-order valence-electron chi connectivity index (χ0n) is 16.7. The van der Waals surface area contributed by atoms with Gasteiger partial charge in [-0.3, -0.25) is 9.52 Å². The number of nitrogens with one attached hydrogen (secondary N) is 2. The van der Waals surface area contributed by atoms with Gasteiger partial charge in [-0.15, -0.1) is 0 Å². The Morgan fingerprint density at radius 1 is 0.969 bits per heavy atom. The van der Waals surface area contributed by atoms with Crippen LogP contribution in [0.5, 0.6) is 0 Å². The van der Waals surface area contributed by atoms with Crippen molar-refractivity contribution in [1.82, 2.24) is 5.32 Å². The van der Waals surface area contributed by atoms with Crippen LogP contribution in [0.1, 0.15) is 27.0 Å². The number of para-hydroxylation sites is 1. The van der Waals surface area contributed by atoms with Gasteiger partial charge in [-0.1, -0.05) is 24.3 Å². The first-order chi connectivity index (χ1) is 15.0. The first-order valence-corrected chi connectivity index (χ1v) is 10.8. The van der Waals surface area contributed by atoms with Crippen LogP contribution < -0.4 is 10.0 Å². The molecule has 0 bridgehead atoms. The van der Waals surface area contributed by atoms with Crippen molar-refractivity contribution < 1.29 is 30.8 Å². The number of carbonyl (C=O) groups is 1. The molecule has 32 heavy (non-hydrogen) atoms. The van der Waals surface area contributed by atoms with Crippen molar-refractivity contribution in [3.63, 3.8) is 0 Å². The lowest BCUT2D eigenvalue weighted by Crippen LogP contribution is -2.24. The molecule has 0 atom stereocenters. The Balaban J connectivity index is 1.72. The predicted molar refractivity (Wildman–Crippen MR) is 111 cm³/mol. The molecule has 0 fully saturated rings. The van der Waals surface area contributed by atoms with Gasteiger partial charge in [0.25, 0.3) is 15.9 Å². The highest BCUT2D eigenvalue weighted by atomic mass is 32.2. The van der Waals surface area contributed by atoms with Gasteiger partial charge in [0.05, 0.1) is 16.1 Å². The van der Waals surface area contributed by atoms with E-state index in [0.29, 0.717) is 11.8 Å². The lowest BCUT2D eigenvalue weighted by molar-refractivity contribution is -0.138. The molecule has 0 aliphatic heterocycles. The van der Waals surface area contributed by atoms with Crippen molar-refractivity contribution in [1.29, 1.82) is 0 Å². The van der Waals surface area contributed by atoms with Crippen molar-refractivity contribution >= 4 is 21.6 Å². The van der Waals surface area contributed by atoms with Gasteiger partial charge in [-0.2, -0.15) is 13.2 Å². The van der Waals surface area contributed by atoms with E-state index in [1.807, 2.05) is 0 Å². The van der Waals surface area contributed by atoms with Crippen molar-refractivity contribution in [2.45, 2.75) is 24.5 Å². The fourth-order valence-corrected chi connectivity index (χ4v) is 4.05. The SMILES string of the molecule is Cc1ccccc1NS(=O)(=O)c1ccc(C(=O)NCc2ccc(F)cc2C(F)(F)F)cc1. The summed E-state index contributed by atoms with van der Waals surface area (Å²) in [6.45, 7) is 1.26. The van der Waals surface area contributed by atoms with Crippen molar-refractivity contribution in [2.24, 2.45) is 0 Å². The van der Waals surface area contributed by atoms with Gasteiger partial charge in [0.15, 0.2) is 0 Å². The normalized spacial score (nSPS) is 11.8. The number of hydrogen-bond donors (Lipinski definition) is 2. The lowest BCUT2D eigenvalue weighted by Gasteiger charge is -2.14.